The van der Waals surface area contributed by atoms with Crippen LogP contribution in [0.5, 0.6) is 0 Å². The Labute approximate surface area is 189 Å². The maximum atomic E-state index is 15.6. The smallest absolute Gasteiger partial charge is 0.229 e. The maximum absolute atomic E-state index is 15.6. The van der Waals surface area contributed by atoms with Gasteiger partial charge in [-0.2, -0.15) is 5.71 Å². The van der Waals surface area contributed by atoms with Crippen LogP contribution < -0.4 is 0 Å². The SMILES string of the molecule is [CH3-].[CH3-].[N-]=C1CCCN(C(=O)C2CC2(F)c2ccccc2-c2c(F)cccc2F)C1.[Os]. The molecule has 0 aromatic heterocycles. The second kappa shape index (κ2) is 9.88. The predicted molar refractivity (Wildman–Crippen MR) is 110 cm³/mol. The van der Waals surface area contributed by atoms with Crippen LogP contribution in [0.3, 0.4) is 0 Å². The largest absolute Gasteiger partial charge is 0.810 e. The van der Waals surface area contributed by atoms with Gasteiger partial charge in [-0.1, -0.05) is 36.8 Å². The Bertz CT molecular complexity index is 916. The van der Waals surface area contributed by atoms with Gasteiger partial charge >= 0.3 is 0 Å². The number of nitrogens with zero attached hydrogens (tertiary/aromatic N) is 2. The van der Waals surface area contributed by atoms with Crippen molar-refractivity contribution in [3.63, 3.8) is 0 Å². The summed E-state index contributed by atoms with van der Waals surface area (Å²) in [6.07, 6.45) is 1.15. The molecule has 1 saturated carbocycles. The van der Waals surface area contributed by atoms with Crippen LogP contribution in [0.15, 0.2) is 42.5 Å². The maximum Gasteiger partial charge on any atom is 0.229 e. The Morgan fingerprint density at radius 1 is 1.07 bits per heavy atom. The number of hydrogen-bond donors (Lipinski definition) is 0. The fourth-order valence-electron chi connectivity index (χ4n) is 3.90. The number of alkyl halides is 1. The van der Waals surface area contributed by atoms with Gasteiger partial charge in [0.25, 0.3) is 0 Å². The molecular formula is C23H24F3N2OOs-3. The Morgan fingerprint density at radius 2 is 1.70 bits per heavy atom. The van der Waals surface area contributed by atoms with Gasteiger partial charge in [-0.05, 0) is 29.7 Å². The molecule has 7 heteroatoms. The van der Waals surface area contributed by atoms with Crippen molar-refractivity contribution >= 4 is 11.6 Å². The summed E-state index contributed by atoms with van der Waals surface area (Å²) in [6, 6.07) is 9.64. The molecule has 1 saturated heterocycles. The molecule has 4 rings (SSSR count). The molecule has 164 valence electrons. The van der Waals surface area contributed by atoms with Gasteiger partial charge in [0.15, 0.2) is 0 Å². The minimum Gasteiger partial charge on any atom is -0.810 e. The van der Waals surface area contributed by atoms with Crippen molar-refractivity contribution in [1.82, 2.24) is 4.90 Å². The van der Waals surface area contributed by atoms with E-state index in [1.165, 1.54) is 23.1 Å². The van der Waals surface area contributed by atoms with E-state index in [1.54, 1.807) is 12.1 Å². The third-order valence-corrected chi connectivity index (χ3v) is 5.38. The number of rotatable bonds is 3. The first-order valence-corrected chi connectivity index (χ1v) is 8.97. The van der Waals surface area contributed by atoms with Gasteiger partial charge in [0.05, 0.1) is 11.5 Å². The number of amides is 1. The molecule has 0 N–H and O–H groups in total. The van der Waals surface area contributed by atoms with Crippen molar-refractivity contribution in [3.05, 3.63) is 79.9 Å². The van der Waals surface area contributed by atoms with E-state index in [1.807, 2.05) is 0 Å². The quantitative estimate of drug-likeness (QED) is 0.444. The summed E-state index contributed by atoms with van der Waals surface area (Å²) in [5.74, 6) is -2.82. The second-order valence-corrected chi connectivity index (χ2v) is 7.19. The van der Waals surface area contributed by atoms with Crippen LogP contribution in [0.1, 0.15) is 24.8 Å². The summed E-state index contributed by atoms with van der Waals surface area (Å²) in [6.45, 7) is 0.591. The zero-order valence-electron chi connectivity index (χ0n) is 16.9. The van der Waals surface area contributed by atoms with Crippen LogP contribution >= 0.6 is 0 Å². The van der Waals surface area contributed by atoms with E-state index < -0.39 is 23.2 Å². The molecule has 1 amide bonds. The summed E-state index contributed by atoms with van der Waals surface area (Å²) in [5.41, 5.74) is -1.78. The zero-order chi connectivity index (χ0) is 19.2. The molecule has 1 heterocycles. The summed E-state index contributed by atoms with van der Waals surface area (Å²) in [7, 11) is 0. The van der Waals surface area contributed by atoms with E-state index in [2.05, 4.69) is 0 Å². The molecule has 2 aromatic carbocycles. The molecule has 2 aliphatic rings. The van der Waals surface area contributed by atoms with Gasteiger partial charge in [-0.25, -0.2) is 13.2 Å². The van der Waals surface area contributed by atoms with E-state index in [0.29, 0.717) is 19.4 Å². The minimum absolute atomic E-state index is 0. The standard InChI is InChI=1S/C21H18F3N2O.2CH3.Os/c22-17-8-3-9-18(23)19(17)14-6-1-2-7-15(14)21(24)11-16(21)20(27)26-10-4-5-13(25)12-26;;;/h1-3,6-9,16H,4-5,10-12H2;2*1H3;/q3*-1;. The average Bonchev–Trinajstić information content (AvgIpc) is 3.34. The normalized spacial score (nSPS) is 22.3. The Hall–Kier alpha value is -1.99. The van der Waals surface area contributed by atoms with Crippen LogP contribution in [-0.2, 0) is 30.3 Å². The molecule has 0 radical (unpaired) electrons. The van der Waals surface area contributed by atoms with Crippen LogP contribution in [0, 0.1) is 32.4 Å². The molecule has 2 fully saturated rings. The zero-order valence-corrected chi connectivity index (χ0v) is 19.5. The van der Waals surface area contributed by atoms with E-state index >= 15 is 4.39 Å². The van der Waals surface area contributed by atoms with E-state index in [0.717, 1.165) is 12.1 Å². The van der Waals surface area contributed by atoms with E-state index in [4.69, 9.17) is 0 Å². The third-order valence-electron chi connectivity index (χ3n) is 5.38. The summed E-state index contributed by atoms with van der Waals surface area (Å²) in [5, 5.41) is 9.68. The third kappa shape index (κ3) is 4.52. The van der Waals surface area contributed by atoms with Crippen molar-refractivity contribution in [3.8, 4) is 11.1 Å². The molecular weight excluding hydrogens is 567 g/mol. The number of piperidine rings is 1. The molecule has 30 heavy (non-hydrogen) atoms. The summed E-state index contributed by atoms with van der Waals surface area (Å²) >= 11 is 0. The number of carbonyl (C=O) groups excluding carboxylic acids is 1. The Kier molecular flexibility index (Phi) is 8.57. The Balaban J connectivity index is 0.00000150. The first kappa shape index (κ1) is 26.0. The van der Waals surface area contributed by atoms with Crippen LogP contribution in [0.4, 0.5) is 13.2 Å². The molecule has 1 aliphatic heterocycles. The second-order valence-electron chi connectivity index (χ2n) is 7.19. The van der Waals surface area contributed by atoms with Crippen LogP contribution in [0.2, 0.25) is 0 Å². The van der Waals surface area contributed by atoms with Crippen molar-refractivity contribution in [2.75, 3.05) is 13.1 Å². The number of likely N-dealkylation sites (tertiary alicyclic amines) is 1. The summed E-state index contributed by atoms with van der Waals surface area (Å²) in [4.78, 5) is 14.1. The Morgan fingerprint density at radius 3 is 2.33 bits per heavy atom. The van der Waals surface area contributed by atoms with Crippen LogP contribution in [0.25, 0.3) is 16.5 Å². The first-order valence-electron chi connectivity index (χ1n) is 8.97. The number of benzene rings is 2. The number of carbonyl (C=O) groups is 1. The number of hydrogen-bond acceptors (Lipinski definition) is 1. The molecule has 2 unspecified atom stereocenters. The van der Waals surface area contributed by atoms with E-state index in [-0.39, 0.29) is 75.9 Å². The summed E-state index contributed by atoms with van der Waals surface area (Å²) < 4.78 is 44.1. The average molecular weight is 592 g/mol. The van der Waals surface area contributed by atoms with Crippen LogP contribution in [-0.4, -0.2) is 29.6 Å². The topological polar surface area (TPSA) is 42.6 Å². The first-order chi connectivity index (χ1) is 12.9. The van der Waals surface area contributed by atoms with Gasteiger partial charge in [0.2, 0.25) is 5.91 Å². The molecule has 2 atom stereocenters. The van der Waals surface area contributed by atoms with Crippen molar-refractivity contribution in [2.45, 2.75) is 24.9 Å². The monoisotopic (exact) mass is 593 g/mol. The van der Waals surface area contributed by atoms with Gasteiger partial charge < -0.3 is 25.2 Å². The molecule has 0 spiro atoms. The molecule has 1 aliphatic carbocycles. The fourth-order valence-corrected chi connectivity index (χ4v) is 3.90. The molecule has 2 aromatic rings. The molecule has 3 nitrogen and oxygen atoms in total. The van der Waals surface area contributed by atoms with Gasteiger partial charge in [0, 0.05) is 39.3 Å². The van der Waals surface area contributed by atoms with Gasteiger partial charge in [0.1, 0.15) is 17.3 Å². The van der Waals surface area contributed by atoms with Gasteiger partial charge in [-0.3, -0.25) is 4.79 Å². The van der Waals surface area contributed by atoms with Crippen molar-refractivity contribution in [1.29, 1.82) is 0 Å². The molecule has 0 bridgehead atoms. The predicted octanol–water partition coefficient (Wildman–Crippen LogP) is 5.35. The minimum atomic E-state index is -1.96. The number of halogens is 3. The van der Waals surface area contributed by atoms with Crippen molar-refractivity contribution in [2.24, 2.45) is 5.92 Å². The van der Waals surface area contributed by atoms with Gasteiger partial charge in [-0.15, -0.1) is 0 Å². The van der Waals surface area contributed by atoms with Crippen molar-refractivity contribution < 1.29 is 37.8 Å². The van der Waals surface area contributed by atoms with E-state index in [9.17, 15) is 19.0 Å². The fraction of sp³-hybridized carbons (Fsp3) is 0.304.